The lowest BCUT2D eigenvalue weighted by atomic mass is 10.1. The van der Waals surface area contributed by atoms with Crippen LogP contribution in [0.15, 0.2) is 30.5 Å². The lowest BCUT2D eigenvalue weighted by Crippen LogP contribution is -2.10. The van der Waals surface area contributed by atoms with Crippen LogP contribution in [0.2, 0.25) is 5.15 Å². The van der Waals surface area contributed by atoms with E-state index in [0.29, 0.717) is 11.1 Å². The van der Waals surface area contributed by atoms with Gasteiger partial charge in [-0.3, -0.25) is 0 Å². The number of hydrogen-bond acceptors (Lipinski definition) is 3. The van der Waals surface area contributed by atoms with Gasteiger partial charge in [-0.05, 0) is 24.8 Å². The highest BCUT2D eigenvalue weighted by atomic mass is 35.5. The van der Waals surface area contributed by atoms with Gasteiger partial charge in [-0.1, -0.05) is 50.6 Å². The van der Waals surface area contributed by atoms with Crippen LogP contribution in [0.4, 0.5) is 5.69 Å². The van der Waals surface area contributed by atoms with Gasteiger partial charge in [0.1, 0.15) is 0 Å². The van der Waals surface area contributed by atoms with E-state index >= 15 is 0 Å². The molecule has 0 aromatic carbocycles. The smallest absolute Gasteiger partial charge is 0.177 e. The molecule has 0 aliphatic heterocycles. The Kier molecular flexibility index (Phi) is 5.61. The molecule has 0 aliphatic carbocycles. The summed E-state index contributed by atoms with van der Waals surface area (Å²) in [6.45, 7) is 9.31. The van der Waals surface area contributed by atoms with E-state index in [1.54, 1.807) is 0 Å². The molecule has 0 spiro atoms. The zero-order chi connectivity index (χ0) is 16.1. The Labute approximate surface area is 136 Å². The van der Waals surface area contributed by atoms with Crippen LogP contribution < -0.4 is 5.32 Å². The van der Waals surface area contributed by atoms with Gasteiger partial charge in [-0.25, -0.2) is 9.50 Å². The molecule has 0 unspecified atom stereocenters. The summed E-state index contributed by atoms with van der Waals surface area (Å²) in [5, 5.41) is 8.27. The Balaban J connectivity index is 2.53. The number of fused-ring (bicyclic) bond motifs is 1. The highest BCUT2D eigenvalue weighted by molar-refractivity contribution is 6.29. The molecule has 0 aliphatic rings. The number of halogens is 1. The fourth-order valence-electron chi connectivity index (χ4n) is 2.24. The Morgan fingerprint density at radius 3 is 2.86 bits per heavy atom. The van der Waals surface area contributed by atoms with Gasteiger partial charge in [0.15, 0.2) is 10.8 Å². The first kappa shape index (κ1) is 16.6. The van der Waals surface area contributed by atoms with Crippen LogP contribution in [0, 0.1) is 5.92 Å². The zero-order valence-electron chi connectivity index (χ0n) is 13.6. The average molecular weight is 319 g/mol. The molecule has 0 atom stereocenters. The predicted octanol–water partition coefficient (Wildman–Crippen LogP) is 4.82. The fraction of sp³-hybridized carbons (Fsp3) is 0.412. The monoisotopic (exact) mass is 318 g/mol. The van der Waals surface area contributed by atoms with E-state index in [9.17, 15) is 0 Å². The molecule has 1 N–H and O–H groups in total. The minimum absolute atomic E-state index is 0.453. The molecule has 5 heteroatoms. The van der Waals surface area contributed by atoms with E-state index in [4.69, 9.17) is 11.6 Å². The van der Waals surface area contributed by atoms with Gasteiger partial charge in [0, 0.05) is 12.6 Å². The second kappa shape index (κ2) is 7.45. The highest BCUT2D eigenvalue weighted by Gasteiger charge is 2.12. The van der Waals surface area contributed by atoms with Gasteiger partial charge in [0.2, 0.25) is 0 Å². The van der Waals surface area contributed by atoms with E-state index < -0.39 is 0 Å². The lowest BCUT2D eigenvalue weighted by molar-refractivity contribution is 0.688. The molecule has 118 valence electrons. The Bertz CT molecular complexity index is 698. The maximum atomic E-state index is 6.19. The predicted molar refractivity (Wildman–Crippen MR) is 94.4 cm³/mol. The summed E-state index contributed by atoms with van der Waals surface area (Å²) in [4.78, 5) is 4.53. The quantitative estimate of drug-likeness (QED) is 0.776. The van der Waals surface area contributed by atoms with Crippen molar-refractivity contribution in [3.63, 3.8) is 0 Å². The first-order valence-electron chi connectivity index (χ1n) is 7.68. The molecule has 4 nitrogen and oxygen atoms in total. The third-order valence-corrected chi connectivity index (χ3v) is 3.39. The number of anilines is 1. The standard InChI is InChI=1S/C17H23ClN4/c1-5-7-13(8-6-2)15-11-20-17-14(19-10-12(3)4)9-16(18)21-22(15)17/h5,7-9,11-12,19H,6,10H2,1-4H3/b7-5-,13-8+. The summed E-state index contributed by atoms with van der Waals surface area (Å²) in [5.74, 6) is 0.542. The summed E-state index contributed by atoms with van der Waals surface area (Å²) in [6, 6.07) is 1.83. The van der Waals surface area contributed by atoms with Crippen molar-refractivity contribution in [1.82, 2.24) is 14.6 Å². The lowest BCUT2D eigenvalue weighted by Gasteiger charge is -2.11. The number of allylic oxidation sites excluding steroid dienone is 4. The van der Waals surface area contributed by atoms with Crippen molar-refractivity contribution in [1.29, 1.82) is 0 Å². The van der Waals surface area contributed by atoms with Crippen LogP contribution >= 0.6 is 11.6 Å². The van der Waals surface area contributed by atoms with E-state index in [0.717, 1.165) is 35.6 Å². The van der Waals surface area contributed by atoms with Crippen LogP contribution in [0.5, 0.6) is 0 Å². The second-order valence-electron chi connectivity index (χ2n) is 5.60. The Morgan fingerprint density at radius 1 is 1.45 bits per heavy atom. The third kappa shape index (κ3) is 3.69. The molecule has 2 aromatic rings. The van der Waals surface area contributed by atoms with Gasteiger partial charge in [-0.2, -0.15) is 5.10 Å². The number of rotatable bonds is 6. The largest absolute Gasteiger partial charge is 0.382 e. The summed E-state index contributed by atoms with van der Waals surface area (Å²) in [7, 11) is 0. The summed E-state index contributed by atoms with van der Waals surface area (Å²) in [6.07, 6.45) is 9.04. The van der Waals surface area contributed by atoms with Crippen molar-refractivity contribution in [2.75, 3.05) is 11.9 Å². The zero-order valence-corrected chi connectivity index (χ0v) is 14.4. The van der Waals surface area contributed by atoms with Crippen molar-refractivity contribution in [2.45, 2.75) is 34.1 Å². The van der Waals surface area contributed by atoms with Crippen LogP contribution in [-0.4, -0.2) is 21.1 Å². The number of nitrogens with zero attached hydrogens (tertiary/aromatic N) is 3. The topological polar surface area (TPSA) is 42.2 Å². The van der Waals surface area contributed by atoms with E-state index in [1.165, 1.54) is 0 Å². The third-order valence-electron chi connectivity index (χ3n) is 3.20. The number of aromatic nitrogens is 3. The summed E-state index contributed by atoms with van der Waals surface area (Å²) >= 11 is 6.19. The normalized spacial score (nSPS) is 12.7. The van der Waals surface area contributed by atoms with Crippen molar-refractivity contribution in [3.05, 3.63) is 41.3 Å². The SMILES string of the molecule is C/C=C\C(=C/CC)c1cnc2c(NCC(C)C)cc(Cl)nn12. The van der Waals surface area contributed by atoms with Crippen LogP contribution in [0.1, 0.15) is 39.8 Å². The van der Waals surface area contributed by atoms with Crippen molar-refractivity contribution >= 4 is 28.5 Å². The van der Waals surface area contributed by atoms with Gasteiger partial charge < -0.3 is 5.32 Å². The van der Waals surface area contributed by atoms with Crippen LogP contribution in [0.25, 0.3) is 11.2 Å². The van der Waals surface area contributed by atoms with E-state index in [1.807, 2.05) is 29.8 Å². The van der Waals surface area contributed by atoms with Gasteiger partial charge >= 0.3 is 0 Å². The fourth-order valence-corrected chi connectivity index (χ4v) is 2.42. The Hall–Kier alpha value is -1.81. The molecule has 0 saturated carbocycles. The minimum Gasteiger partial charge on any atom is -0.382 e. The highest BCUT2D eigenvalue weighted by Crippen LogP contribution is 2.24. The van der Waals surface area contributed by atoms with E-state index in [-0.39, 0.29) is 0 Å². The molecular weight excluding hydrogens is 296 g/mol. The van der Waals surface area contributed by atoms with Gasteiger partial charge in [-0.15, -0.1) is 0 Å². The van der Waals surface area contributed by atoms with Crippen LogP contribution in [-0.2, 0) is 0 Å². The van der Waals surface area contributed by atoms with Crippen molar-refractivity contribution < 1.29 is 0 Å². The van der Waals surface area contributed by atoms with Crippen LogP contribution in [0.3, 0.4) is 0 Å². The minimum atomic E-state index is 0.453. The molecule has 2 aromatic heterocycles. The number of imidazole rings is 1. The van der Waals surface area contributed by atoms with Crippen molar-refractivity contribution in [3.8, 4) is 0 Å². The first-order chi connectivity index (χ1) is 10.6. The molecule has 0 amide bonds. The molecule has 2 rings (SSSR count). The molecule has 2 heterocycles. The maximum absolute atomic E-state index is 6.19. The molecule has 22 heavy (non-hydrogen) atoms. The first-order valence-corrected chi connectivity index (χ1v) is 8.06. The number of nitrogens with one attached hydrogen (secondary N) is 1. The van der Waals surface area contributed by atoms with Gasteiger partial charge in [0.05, 0.1) is 17.6 Å². The van der Waals surface area contributed by atoms with E-state index in [2.05, 4.69) is 48.3 Å². The van der Waals surface area contributed by atoms with Gasteiger partial charge in [0.25, 0.3) is 0 Å². The second-order valence-corrected chi connectivity index (χ2v) is 5.99. The maximum Gasteiger partial charge on any atom is 0.177 e. The molecule has 0 radical (unpaired) electrons. The number of hydrogen-bond donors (Lipinski definition) is 1. The summed E-state index contributed by atoms with van der Waals surface area (Å²) < 4.78 is 1.81. The molecule has 0 bridgehead atoms. The van der Waals surface area contributed by atoms with Crippen molar-refractivity contribution in [2.24, 2.45) is 5.92 Å². The molecule has 0 fully saturated rings. The Morgan fingerprint density at radius 2 is 2.23 bits per heavy atom. The summed E-state index contributed by atoms with van der Waals surface area (Å²) in [5.41, 5.74) is 3.76. The molecule has 0 saturated heterocycles. The average Bonchev–Trinajstić information content (AvgIpc) is 2.88. The molecular formula is C17H23ClN4.